The molecule has 0 unspecified atom stereocenters. The fourth-order valence-corrected chi connectivity index (χ4v) is 7.96. The van der Waals surface area contributed by atoms with Gasteiger partial charge in [-0.15, -0.1) is 0 Å². The van der Waals surface area contributed by atoms with Crippen molar-refractivity contribution in [2.45, 2.75) is 6.92 Å². The summed E-state index contributed by atoms with van der Waals surface area (Å²) in [5.74, 6) is 1.80. The number of aryl methyl sites for hydroxylation is 1. The van der Waals surface area contributed by atoms with Gasteiger partial charge in [-0.25, -0.2) is 4.98 Å². The molecular weight excluding hydrogens is 639 g/mol. The molecule has 4 aromatic heterocycles. The van der Waals surface area contributed by atoms with Gasteiger partial charge in [0.1, 0.15) is 11.2 Å². The average molecular weight is 668 g/mol. The van der Waals surface area contributed by atoms with Gasteiger partial charge in [0, 0.05) is 38.1 Å². The van der Waals surface area contributed by atoms with E-state index >= 15 is 0 Å². The Bertz CT molecular complexity index is 3150. The van der Waals surface area contributed by atoms with E-state index in [1.165, 1.54) is 5.39 Å². The lowest BCUT2D eigenvalue weighted by atomic mass is 10.1. The fourth-order valence-electron chi connectivity index (χ4n) is 7.96. The molecule has 0 aliphatic heterocycles. The number of nitrogens with zero attached hydrogens (tertiary/aromatic N) is 5. The first-order valence-electron chi connectivity index (χ1n) is 17.5. The summed E-state index contributed by atoms with van der Waals surface area (Å²) in [5, 5.41) is 6.83. The SMILES string of the molecule is Cc1cc(-n2c3ccccc3c3ccc(-c4nc(-c5ccccc5)nc(-n5c6ccccc6c6ccccc65)n4)cc32)c2c(c1)oc1ccccc12. The molecule has 6 heteroatoms. The highest BCUT2D eigenvalue weighted by Gasteiger charge is 2.21. The van der Waals surface area contributed by atoms with Gasteiger partial charge in [-0.05, 0) is 55.0 Å². The van der Waals surface area contributed by atoms with Crippen LogP contribution in [0.25, 0.3) is 100.0 Å². The minimum absolute atomic E-state index is 0.576. The van der Waals surface area contributed by atoms with Crippen molar-refractivity contribution in [1.82, 2.24) is 24.1 Å². The monoisotopic (exact) mass is 667 g/mol. The van der Waals surface area contributed by atoms with Crippen LogP contribution in [-0.4, -0.2) is 24.1 Å². The molecule has 11 rings (SSSR count). The minimum atomic E-state index is 0.576. The Balaban J connectivity index is 1.21. The lowest BCUT2D eigenvalue weighted by Crippen LogP contribution is -2.06. The van der Waals surface area contributed by atoms with Crippen LogP contribution in [0.3, 0.4) is 0 Å². The maximum atomic E-state index is 6.41. The van der Waals surface area contributed by atoms with Crippen LogP contribution in [0.4, 0.5) is 0 Å². The molecule has 0 amide bonds. The molecule has 7 aromatic carbocycles. The molecule has 0 radical (unpaired) electrons. The van der Waals surface area contributed by atoms with Crippen molar-refractivity contribution in [3.8, 4) is 34.4 Å². The Hall–Kier alpha value is -7.05. The number of hydrogen-bond acceptors (Lipinski definition) is 4. The van der Waals surface area contributed by atoms with Crippen molar-refractivity contribution < 1.29 is 4.42 Å². The van der Waals surface area contributed by atoms with Crippen molar-refractivity contribution in [3.05, 3.63) is 163 Å². The first-order valence-corrected chi connectivity index (χ1v) is 17.5. The molecule has 6 nitrogen and oxygen atoms in total. The summed E-state index contributed by atoms with van der Waals surface area (Å²) in [6, 6.07) is 54.9. The van der Waals surface area contributed by atoms with E-state index in [0.717, 1.165) is 82.5 Å². The summed E-state index contributed by atoms with van der Waals surface area (Å²) in [4.78, 5) is 15.5. The first-order chi connectivity index (χ1) is 25.7. The summed E-state index contributed by atoms with van der Waals surface area (Å²) in [6.45, 7) is 2.13. The molecule has 0 atom stereocenters. The van der Waals surface area contributed by atoms with Crippen molar-refractivity contribution >= 4 is 65.6 Å². The number of rotatable bonds is 4. The molecular formula is C46H29N5O. The second kappa shape index (κ2) is 11.0. The third kappa shape index (κ3) is 4.21. The zero-order valence-corrected chi connectivity index (χ0v) is 28.2. The van der Waals surface area contributed by atoms with E-state index in [9.17, 15) is 0 Å². The second-order valence-corrected chi connectivity index (χ2v) is 13.4. The summed E-state index contributed by atoms with van der Waals surface area (Å²) >= 11 is 0. The third-order valence-corrected chi connectivity index (χ3v) is 10.2. The van der Waals surface area contributed by atoms with Crippen molar-refractivity contribution in [3.63, 3.8) is 0 Å². The van der Waals surface area contributed by atoms with E-state index in [4.69, 9.17) is 19.4 Å². The number of benzene rings is 7. The molecule has 0 spiro atoms. The molecule has 52 heavy (non-hydrogen) atoms. The highest BCUT2D eigenvalue weighted by atomic mass is 16.3. The molecule has 0 saturated carbocycles. The van der Waals surface area contributed by atoms with Crippen LogP contribution in [0.5, 0.6) is 0 Å². The third-order valence-electron chi connectivity index (χ3n) is 10.2. The van der Waals surface area contributed by atoms with E-state index in [1.54, 1.807) is 0 Å². The van der Waals surface area contributed by atoms with E-state index in [0.29, 0.717) is 17.6 Å². The van der Waals surface area contributed by atoms with Crippen LogP contribution in [0.15, 0.2) is 162 Å². The van der Waals surface area contributed by atoms with Gasteiger partial charge < -0.3 is 8.98 Å². The molecule has 0 saturated heterocycles. The van der Waals surface area contributed by atoms with E-state index in [2.05, 4.69) is 131 Å². The smallest absolute Gasteiger partial charge is 0.238 e. The van der Waals surface area contributed by atoms with Gasteiger partial charge in [-0.2, -0.15) is 9.97 Å². The van der Waals surface area contributed by atoms with Gasteiger partial charge in [0.05, 0.1) is 33.1 Å². The molecule has 0 N–H and O–H groups in total. The maximum absolute atomic E-state index is 6.41. The summed E-state index contributed by atoms with van der Waals surface area (Å²) in [7, 11) is 0. The van der Waals surface area contributed by atoms with E-state index in [-0.39, 0.29) is 0 Å². The Morgan fingerprint density at radius 3 is 1.67 bits per heavy atom. The van der Waals surface area contributed by atoms with Gasteiger partial charge in [0.15, 0.2) is 11.6 Å². The zero-order valence-electron chi connectivity index (χ0n) is 28.2. The van der Waals surface area contributed by atoms with Crippen LogP contribution >= 0.6 is 0 Å². The van der Waals surface area contributed by atoms with Gasteiger partial charge in [-0.1, -0.05) is 115 Å². The highest BCUT2D eigenvalue weighted by molar-refractivity contribution is 6.15. The topological polar surface area (TPSA) is 61.7 Å². The van der Waals surface area contributed by atoms with Gasteiger partial charge in [0.2, 0.25) is 5.95 Å². The minimum Gasteiger partial charge on any atom is -0.456 e. The largest absolute Gasteiger partial charge is 0.456 e. The van der Waals surface area contributed by atoms with Gasteiger partial charge in [-0.3, -0.25) is 4.57 Å². The van der Waals surface area contributed by atoms with E-state index in [1.807, 2.05) is 42.5 Å². The number of furan rings is 1. The standard InChI is InChI=1S/C46H29N5O/c1-28-25-40(43-35-18-8-12-22-41(35)52-42(43)26-28)50-36-19-9-5-17-33(36)34-24-23-30(27-39(34)50)45-47-44(29-13-3-2-4-14-29)48-46(49-45)51-37-20-10-6-15-31(37)32-16-7-11-21-38(32)51/h2-27H,1H3. The highest BCUT2D eigenvalue weighted by Crippen LogP contribution is 2.40. The van der Waals surface area contributed by atoms with Crippen LogP contribution in [0, 0.1) is 6.92 Å². The normalized spacial score (nSPS) is 11.9. The average Bonchev–Trinajstić information content (AvgIpc) is 3.85. The number of aromatic nitrogens is 5. The quantitative estimate of drug-likeness (QED) is 0.187. The molecule has 0 fully saturated rings. The molecule has 4 heterocycles. The van der Waals surface area contributed by atoms with Crippen LogP contribution in [0.1, 0.15) is 5.56 Å². The van der Waals surface area contributed by atoms with Crippen LogP contribution < -0.4 is 0 Å². The van der Waals surface area contributed by atoms with Crippen LogP contribution in [0.2, 0.25) is 0 Å². The Morgan fingerprint density at radius 2 is 0.981 bits per heavy atom. The lowest BCUT2D eigenvalue weighted by molar-refractivity contribution is 0.668. The van der Waals surface area contributed by atoms with Gasteiger partial charge in [0.25, 0.3) is 0 Å². The summed E-state index contributed by atoms with van der Waals surface area (Å²) in [6.07, 6.45) is 0. The maximum Gasteiger partial charge on any atom is 0.238 e. The fraction of sp³-hybridized carbons (Fsp3) is 0.0217. The molecule has 11 aromatic rings. The Kier molecular flexibility index (Phi) is 6.07. The molecule has 0 aliphatic carbocycles. The predicted octanol–water partition coefficient (Wildman–Crippen LogP) is 11.6. The molecule has 0 aliphatic rings. The first kappa shape index (κ1) is 28.8. The number of fused-ring (bicyclic) bond motifs is 9. The van der Waals surface area contributed by atoms with Crippen molar-refractivity contribution in [2.75, 3.05) is 0 Å². The Labute approximate surface area is 297 Å². The van der Waals surface area contributed by atoms with Crippen LogP contribution in [-0.2, 0) is 0 Å². The molecule has 244 valence electrons. The Morgan fingerprint density at radius 1 is 0.423 bits per heavy atom. The number of hydrogen-bond donors (Lipinski definition) is 0. The van der Waals surface area contributed by atoms with Gasteiger partial charge >= 0.3 is 0 Å². The van der Waals surface area contributed by atoms with E-state index < -0.39 is 0 Å². The van der Waals surface area contributed by atoms with Crippen molar-refractivity contribution in [2.24, 2.45) is 0 Å². The summed E-state index contributed by atoms with van der Waals surface area (Å²) < 4.78 is 10.9. The molecule has 0 bridgehead atoms. The summed E-state index contributed by atoms with van der Waals surface area (Å²) in [5.41, 5.74) is 10.1. The lowest BCUT2D eigenvalue weighted by Gasteiger charge is -2.13. The number of para-hydroxylation sites is 4. The second-order valence-electron chi connectivity index (χ2n) is 13.4. The zero-order chi connectivity index (χ0) is 34.3. The van der Waals surface area contributed by atoms with Crippen molar-refractivity contribution in [1.29, 1.82) is 0 Å². The predicted molar refractivity (Wildman–Crippen MR) is 211 cm³/mol.